The first-order chi connectivity index (χ1) is 3.18. The fourth-order valence-corrected chi connectivity index (χ4v) is 0.132. The molecule has 0 saturated heterocycles. The maximum atomic E-state index is 8.56. The van der Waals surface area contributed by atoms with Crippen LogP contribution in [0.25, 0.3) is 0 Å². The van der Waals surface area contributed by atoms with Crippen molar-refractivity contribution < 1.29 is 10.2 Å². The first-order valence-corrected chi connectivity index (χ1v) is 2.15. The maximum absolute atomic E-state index is 8.56. The summed E-state index contributed by atoms with van der Waals surface area (Å²) in [4.78, 5) is 0. The summed E-state index contributed by atoms with van der Waals surface area (Å²) in [6, 6.07) is 0. The largest absolute Gasteiger partial charge is 0.392 e. The molecule has 0 aromatic carbocycles. The van der Waals surface area contributed by atoms with Gasteiger partial charge in [-0.2, -0.15) is 0 Å². The van der Waals surface area contributed by atoms with E-state index in [-0.39, 0.29) is 6.61 Å². The highest BCUT2D eigenvalue weighted by molar-refractivity contribution is 4.98. The molecule has 7 heavy (non-hydrogen) atoms. The molecule has 2 heteroatoms. The van der Waals surface area contributed by atoms with Gasteiger partial charge in [-0.3, -0.25) is 0 Å². The molecule has 1 atom stereocenters. The molecule has 0 aromatic rings. The lowest BCUT2D eigenvalue weighted by Crippen LogP contribution is -2.05. The Labute approximate surface area is 43.1 Å². The molecule has 0 heterocycles. The average Bonchev–Trinajstić information content (AvgIpc) is 1.65. The Bertz CT molecular complexity index is 66.5. The monoisotopic (exact) mass is 102 g/mol. The lowest BCUT2D eigenvalue weighted by Gasteiger charge is -2.01. The molecule has 0 rings (SSSR count). The van der Waals surface area contributed by atoms with E-state index in [4.69, 9.17) is 10.2 Å². The highest BCUT2D eigenvalue weighted by atomic mass is 16.3. The second kappa shape index (κ2) is 2.77. The third-order valence-corrected chi connectivity index (χ3v) is 0.794. The number of aliphatic hydroxyl groups is 2. The van der Waals surface area contributed by atoms with Gasteiger partial charge < -0.3 is 10.2 Å². The Balaban J connectivity index is 3.35. The molecule has 42 valence electrons. The third-order valence-electron chi connectivity index (χ3n) is 0.794. The standard InChI is InChI=1S/C5H10O2/c1-4(3-6)5(2)7/h5-7H,1,3H2,2H3. The van der Waals surface area contributed by atoms with Crippen molar-refractivity contribution in [2.75, 3.05) is 6.61 Å². The van der Waals surface area contributed by atoms with Crippen LogP contribution in [0.1, 0.15) is 6.92 Å². The van der Waals surface area contributed by atoms with Crippen LogP contribution in [0.5, 0.6) is 0 Å². The number of aliphatic hydroxyl groups excluding tert-OH is 2. The molecule has 2 N–H and O–H groups in total. The molecule has 2 nitrogen and oxygen atoms in total. The molecule has 0 aliphatic rings. The van der Waals surface area contributed by atoms with Crippen molar-refractivity contribution >= 4 is 0 Å². The summed E-state index contributed by atoms with van der Waals surface area (Å²) in [5, 5.41) is 16.8. The minimum atomic E-state index is -0.579. The Hall–Kier alpha value is -0.340. The fraction of sp³-hybridized carbons (Fsp3) is 0.600. The predicted molar refractivity (Wildman–Crippen MR) is 27.9 cm³/mol. The van der Waals surface area contributed by atoms with Gasteiger partial charge in [0.25, 0.3) is 0 Å². The van der Waals surface area contributed by atoms with Gasteiger partial charge in [0.2, 0.25) is 0 Å². The summed E-state index contributed by atoms with van der Waals surface area (Å²) in [7, 11) is 0. The minimum Gasteiger partial charge on any atom is -0.392 e. The first kappa shape index (κ1) is 6.66. The van der Waals surface area contributed by atoms with E-state index in [1.165, 1.54) is 0 Å². The lowest BCUT2D eigenvalue weighted by molar-refractivity contribution is 0.205. The number of rotatable bonds is 2. The molecule has 0 radical (unpaired) electrons. The van der Waals surface area contributed by atoms with Crippen molar-refractivity contribution in [2.24, 2.45) is 0 Å². The Morgan fingerprint density at radius 3 is 2.29 bits per heavy atom. The van der Waals surface area contributed by atoms with Gasteiger partial charge in [0, 0.05) is 0 Å². The summed E-state index contributed by atoms with van der Waals surface area (Å²) >= 11 is 0. The van der Waals surface area contributed by atoms with Gasteiger partial charge in [0.1, 0.15) is 0 Å². The van der Waals surface area contributed by atoms with E-state index >= 15 is 0 Å². The summed E-state index contributed by atoms with van der Waals surface area (Å²) in [6.07, 6.45) is -0.579. The quantitative estimate of drug-likeness (QED) is 0.478. The van der Waals surface area contributed by atoms with Crippen molar-refractivity contribution in [3.63, 3.8) is 0 Å². The fourth-order valence-electron chi connectivity index (χ4n) is 0.132. The molecular formula is C5H10O2. The van der Waals surface area contributed by atoms with Crippen molar-refractivity contribution in [3.05, 3.63) is 12.2 Å². The first-order valence-electron chi connectivity index (χ1n) is 2.15. The molecular weight excluding hydrogens is 92.1 g/mol. The van der Waals surface area contributed by atoms with Crippen LogP contribution in [0.4, 0.5) is 0 Å². The van der Waals surface area contributed by atoms with E-state index in [1.54, 1.807) is 6.92 Å². The van der Waals surface area contributed by atoms with E-state index in [0.29, 0.717) is 5.57 Å². The highest BCUT2D eigenvalue weighted by Crippen LogP contribution is 1.93. The highest BCUT2D eigenvalue weighted by Gasteiger charge is 1.96. The smallest absolute Gasteiger partial charge is 0.0741 e. The molecule has 0 aliphatic carbocycles. The molecule has 0 amide bonds. The Morgan fingerprint density at radius 2 is 2.29 bits per heavy atom. The second-order valence-corrected chi connectivity index (χ2v) is 1.49. The minimum absolute atomic E-state index is 0.127. The van der Waals surface area contributed by atoms with Gasteiger partial charge in [0.15, 0.2) is 0 Å². The topological polar surface area (TPSA) is 40.5 Å². The summed E-state index contributed by atoms with van der Waals surface area (Å²) in [6.45, 7) is 4.81. The summed E-state index contributed by atoms with van der Waals surface area (Å²) in [5.41, 5.74) is 0.458. The number of hydrogen-bond donors (Lipinski definition) is 2. The second-order valence-electron chi connectivity index (χ2n) is 1.49. The normalized spacial score (nSPS) is 13.6. The lowest BCUT2D eigenvalue weighted by atomic mass is 10.2. The zero-order chi connectivity index (χ0) is 5.86. The molecule has 0 spiro atoms. The van der Waals surface area contributed by atoms with Crippen molar-refractivity contribution in [2.45, 2.75) is 13.0 Å². The van der Waals surface area contributed by atoms with Crippen molar-refractivity contribution in [1.29, 1.82) is 0 Å². The summed E-state index contributed by atoms with van der Waals surface area (Å²) < 4.78 is 0. The average molecular weight is 102 g/mol. The van der Waals surface area contributed by atoms with Crippen LogP contribution >= 0.6 is 0 Å². The zero-order valence-corrected chi connectivity index (χ0v) is 4.39. The molecule has 0 saturated carbocycles. The van der Waals surface area contributed by atoms with Crippen LogP contribution in [-0.2, 0) is 0 Å². The Kier molecular flexibility index (Phi) is 2.64. The van der Waals surface area contributed by atoms with Crippen LogP contribution in [0.3, 0.4) is 0 Å². The van der Waals surface area contributed by atoms with E-state index in [2.05, 4.69) is 6.58 Å². The third kappa shape index (κ3) is 2.37. The molecule has 0 bridgehead atoms. The van der Waals surface area contributed by atoms with Gasteiger partial charge in [-0.05, 0) is 12.5 Å². The van der Waals surface area contributed by atoms with Gasteiger partial charge in [0.05, 0.1) is 12.7 Å². The van der Waals surface area contributed by atoms with Crippen LogP contribution < -0.4 is 0 Å². The predicted octanol–water partition coefficient (Wildman–Crippen LogP) is -0.0843. The number of hydrogen-bond acceptors (Lipinski definition) is 2. The van der Waals surface area contributed by atoms with Crippen LogP contribution in [0, 0.1) is 0 Å². The van der Waals surface area contributed by atoms with E-state index in [0.717, 1.165) is 0 Å². The maximum Gasteiger partial charge on any atom is 0.0741 e. The zero-order valence-electron chi connectivity index (χ0n) is 4.39. The van der Waals surface area contributed by atoms with E-state index in [9.17, 15) is 0 Å². The van der Waals surface area contributed by atoms with Gasteiger partial charge >= 0.3 is 0 Å². The summed E-state index contributed by atoms with van der Waals surface area (Å²) in [5.74, 6) is 0. The molecule has 1 unspecified atom stereocenters. The van der Waals surface area contributed by atoms with Gasteiger partial charge in [-0.15, -0.1) is 0 Å². The van der Waals surface area contributed by atoms with Gasteiger partial charge in [-0.1, -0.05) is 6.58 Å². The van der Waals surface area contributed by atoms with Crippen molar-refractivity contribution in [1.82, 2.24) is 0 Å². The molecule has 0 fully saturated rings. The van der Waals surface area contributed by atoms with Crippen LogP contribution in [-0.4, -0.2) is 22.9 Å². The van der Waals surface area contributed by atoms with Gasteiger partial charge in [-0.25, -0.2) is 0 Å². The van der Waals surface area contributed by atoms with Crippen LogP contribution in [0.2, 0.25) is 0 Å². The van der Waals surface area contributed by atoms with Crippen LogP contribution in [0.15, 0.2) is 12.2 Å². The van der Waals surface area contributed by atoms with Crippen molar-refractivity contribution in [3.8, 4) is 0 Å². The Morgan fingerprint density at radius 1 is 1.86 bits per heavy atom. The SMILES string of the molecule is C=C(CO)C(C)O. The molecule has 0 aromatic heterocycles. The van der Waals surface area contributed by atoms with E-state index < -0.39 is 6.10 Å². The van der Waals surface area contributed by atoms with E-state index in [1.807, 2.05) is 0 Å². The molecule has 0 aliphatic heterocycles.